The van der Waals surface area contributed by atoms with Gasteiger partial charge in [0.1, 0.15) is 5.78 Å². The fourth-order valence-corrected chi connectivity index (χ4v) is 1.76. The van der Waals surface area contributed by atoms with E-state index >= 15 is 0 Å². The molecule has 0 atom stereocenters. The summed E-state index contributed by atoms with van der Waals surface area (Å²) in [6.45, 7) is -0.625. The van der Waals surface area contributed by atoms with E-state index in [9.17, 15) is 14.0 Å². The van der Waals surface area contributed by atoms with Crippen LogP contribution in [0.3, 0.4) is 0 Å². The fraction of sp³-hybridized carbons (Fsp3) is 0.778. The molecule has 1 saturated carbocycles. The molecule has 0 radical (unpaired) electrons. The lowest BCUT2D eigenvalue weighted by Crippen LogP contribution is -2.36. The summed E-state index contributed by atoms with van der Waals surface area (Å²) in [7, 11) is 0. The third-order valence-electron chi connectivity index (χ3n) is 2.79. The lowest BCUT2D eigenvalue weighted by molar-refractivity contribution is -0.152. The normalized spacial score (nSPS) is 21.5. The summed E-state index contributed by atoms with van der Waals surface area (Å²) >= 11 is 0. The Morgan fingerprint density at radius 2 is 2.00 bits per heavy atom. The summed E-state index contributed by atoms with van der Waals surface area (Å²) in [6, 6.07) is 0. The molecule has 3 nitrogen and oxygen atoms in total. The van der Waals surface area contributed by atoms with Crippen molar-refractivity contribution in [3.8, 4) is 0 Å². The first-order valence-electron chi connectivity index (χ1n) is 4.42. The average molecular weight is 188 g/mol. The van der Waals surface area contributed by atoms with Crippen molar-refractivity contribution in [1.82, 2.24) is 0 Å². The number of carboxylic acids is 1. The molecule has 0 spiro atoms. The van der Waals surface area contributed by atoms with Crippen molar-refractivity contribution < 1.29 is 19.1 Å². The first kappa shape index (κ1) is 10.2. The predicted octanol–water partition coefficient (Wildman–Crippen LogP) is 1.56. The summed E-state index contributed by atoms with van der Waals surface area (Å²) in [4.78, 5) is 21.8. The third-order valence-corrected chi connectivity index (χ3v) is 2.79. The molecule has 0 heterocycles. The van der Waals surface area contributed by atoms with Gasteiger partial charge in [-0.25, -0.2) is 0 Å². The molecule has 0 aliphatic heterocycles. The number of carbonyl (C=O) groups is 2. The second kappa shape index (κ2) is 3.85. The molecule has 13 heavy (non-hydrogen) atoms. The van der Waals surface area contributed by atoms with Crippen LogP contribution in [0.2, 0.25) is 0 Å². The van der Waals surface area contributed by atoms with Crippen LogP contribution in [0.4, 0.5) is 4.39 Å². The van der Waals surface area contributed by atoms with Crippen LogP contribution in [0.15, 0.2) is 0 Å². The van der Waals surface area contributed by atoms with E-state index < -0.39 is 18.1 Å². The third kappa shape index (κ3) is 2.05. The molecule has 1 N–H and O–H groups in total. The molecule has 1 rings (SSSR count). The average Bonchev–Trinajstić information content (AvgIpc) is 2.09. The minimum Gasteiger partial charge on any atom is -0.481 e. The molecule has 1 fully saturated rings. The van der Waals surface area contributed by atoms with Crippen LogP contribution >= 0.6 is 0 Å². The van der Waals surface area contributed by atoms with Gasteiger partial charge in [0.05, 0.1) is 12.1 Å². The highest BCUT2D eigenvalue weighted by Gasteiger charge is 2.41. The molecule has 0 unspecified atom stereocenters. The van der Waals surface area contributed by atoms with E-state index in [1.807, 2.05) is 0 Å². The maximum absolute atomic E-state index is 12.1. The Labute approximate surface area is 75.9 Å². The van der Waals surface area contributed by atoms with Crippen LogP contribution in [-0.4, -0.2) is 23.5 Å². The number of alkyl halides is 1. The van der Waals surface area contributed by atoms with Crippen LogP contribution < -0.4 is 0 Å². The number of hydrogen-bond donors (Lipinski definition) is 1. The number of rotatable bonds is 3. The van der Waals surface area contributed by atoms with Gasteiger partial charge in [-0.15, -0.1) is 0 Å². The van der Waals surface area contributed by atoms with Crippen LogP contribution in [0.1, 0.15) is 32.1 Å². The minimum atomic E-state index is -0.970. The highest BCUT2D eigenvalue weighted by Crippen LogP contribution is 2.38. The maximum Gasteiger partial charge on any atom is 0.309 e. The number of carboxylic acid groups (broad SMARTS) is 1. The van der Waals surface area contributed by atoms with Crippen molar-refractivity contribution in [1.29, 1.82) is 0 Å². The number of halogens is 1. The Morgan fingerprint density at radius 3 is 2.38 bits per heavy atom. The van der Waals surface area contributed by atoms with Gasteiger partial charge in [-0.2, -0.15) is 0 Å². The van der Waals surface area contributed by atoms with E-state index in [-0.39, 0.29) is 25.0 Å². The van der Waals surface area contributed by atoms with E-state index in [0.717, 1.165) is 0 Å². The SMILES string of the molecule is O=C1CCC(CCF)(C(=O)O)CC1. The first-order chi connectivity index (χ1) is 6.10. The van der Waals surface area contributed by atoms with Gasteiger partial charge in [0.25, 0.3) is 0 Å². The molecule has 1 aliphatic rings. The molecular weight excluding hydrogens is 175 g/mol. The van der Waals surface area contributed by atoms with Crippen LogP contribution in [0.5, 0.6) is 0 Å². The number of carbonyl (C=O) groups excluding carboxylic acids is 1. The maximum atomic E-state index is 12.1. The lowest BCUT2D eigenvalue weighted by Gasteiger charge is -2.31. The second-order valence-corrected chi connectivity index (χ2v) is 3.56. The van der Waals surface area contributed by atoms with Gasteiger partial charge < -0.3 is 5.11 Å². The van der Waals surface area contributed by atoms with E-state index in [1.165, 1.54) is 0 Å². The van der Waals surface area contributed by atoms with Crippen molar-refractivity contribution in [2.24, 2.45) is 5.41 Å². The Morgan fingerprint density at radius 1 is 1.46 bits per heavy atom. The second-order valence-electron chi connectivity index (χ2n) is 3.56. The molecule has 0 saturated heterocycles. The van der Waals surface area contributed by atoms with Crippen molar-refractivity contribution in [2.75, 3.05) is 6.67 Å². The summed E-state index contributed by atoms with van der Waals surface area (Å²) in [5.74, 6) is -0.867. The highest BCUT2D eigenvalue weighted by molar-refractivity contribution is 5.83. The molecule has 0 bridgehead atoms. The van der Waals surface area contributed by atoms with E-state index in [2.05, 4.69) is 0 Å². The molecule has 0 amide bonds. The van der Waals surface area contributed by atoms with Crippen LogP contribution in [0.25, 0.3) is 0 Å². The van der Waals surface area contributed by atoms with Gasteiger partial charge in [-0.1, -0.05) is 0 Å². The smallest absolute Gasteiger partial charge is 0.309 e. The number of aliphatic carboxylic acids is 1. The van der Waals surface area contributed by atoms with E-state index in [1.54, 1.807) is 0 Å². The Kier molecular flexibility index (Phi) is 3.01. The van der Waals surface area contributed by atoms with Crippen molar-refractivity contribution in [2.45, 2.75) is 32.1 Å². The summed E-state index contributed by atoms with van der Waals surface area (Å²) in [5, 5.41) is 8.93. The summed E-state index contributed by atoms with van der Waals surface area (Å²) in [5.41, 5.74) is -0.970. The molecule has 0 aromatic heterocycles. The van der Waals surface area contributed by atoms with Crippen molar-refractivity contribution >= 4 is 11.8 Å². The van der Waals surface area contributed by atoms with Gasteiger partial charge in [-0.3, -0.25) is 14.0 Å². The zero-order valence-electron chi connectivity index (χ0n) is 7.38. The van der Waals surface area contributed by atoms with Gasteiger partial charge in [-0.05, 0) is 19.3 Å². The topological polar surface area (TPSA) is 54.4 Å². The molecular formula is C9H13FO3. The standard InChI is InChI=1S/C9H13FO3/c10-6-5-9(8(12)13)3-1-7(11)2-4-9/h1-6H2,(H,12,13). The molecule has 4 heteroatoms. The van der Waals surface area contributed by atoms with Gasteiger partial charge in [0, 0.05) is 12.8 Å². The molecule has 0 aromatic carbocycles. The zero-order chi connectivity index (χ0) is 9.90. The van der Waals surface area contributed by atoms with Gasteiger partial charge in [0.2, 0.25) is 0 Å². The lowest BCUT2D eigenvalue weighted by atomic mass is 9.72. The Hall–Kier alpha value is -0.930. The molecule has 0 aromatic rings. The number of Topliss-reactive ketones (excluding diaryl/α,β-unsaturated/α-hetero) is 1. The summed E-state index contributed by atoms with van der Waals surface area (Å²) < 4.78 is 12.1. The largest absolute Gasteiger partial charge is 0.481 e. The van der Waals surface area contributed by atoms with Crippen molar-refractivity contribution in [3.05, 3.63) is 0 Å². The van der Waals surface area contributed by atoms with Gasteiger partial charge in [0.15, 0.2) is 0 Å². The quantitative estimate of drug-likeness (QED) is 0.731. The number of hydrogen-bond acceptors (Lipinski definition) is 2. The zero-order valence-corrected chi connectivity index (χ0v) is 7.38. The van der Waals surface area contributed by atoms with Crippen LogP contribution in [0, 0.1) is 5.41 Å². The predicted molar refractivity (Wildman–Crippen MR) is 44.1 cm³/mol. The number of ketones is 1. The van der Waals surface area contributed by atoms with E-state index in [0.29, 0.717) is 12.8 Å². The highest BCUT2D eigenvalue weighted by atomic mass is 19.1. The summed E-state index contributed by atoms with van der Waals surface area (Å²) in [6.07, 6.45) is 1.20. The van der Waals surface area contributed by atoms with Gasteiger partial charge >= 0.3 is 5.97 Å². The Bertz CT molecular complexity index is 215. The van der Waals surface area contributed by atoms with E-state index in [4.69, 9.17) is 5.11 Å². The first-order valence-corrected chi connectivity index (χ1v) is 4.42. The molecule has 74 valence electrons. The molecule has 1 aliphatic carbocycles. The Balaban J connectivity index is 2.68. The monoisotopic (exact) mass is 188 g/mol. The van der Waals surface area contributed by atoms with Crippen LogP contribution in [-0.2, 0) is 9.59 Å². The fourth-order valence-electron chi connectivity index (χ4n) is 1.76. The van der Waals surface area contributed by atoms with Crippen molar-refractivity contribution in [3.63, 3.8) is 0 Å². The minimum absolute atomic E-state index is 0.0373.